The van der Waals surface area contributed by atoms with Crippen molar-refractivity contribution in [3.8, 4) is 17.2 Å². The minimum absolute atomic E-state index is 0.127. The molecule has 36 heavy (non-hydrogen) atoms. The van der Waals surface area contributed by atoms with Gasteiger partial charge in [0.2, 0.25) is 0 Å². The summed E-state index contributed by atoms with van der Waals surface area (Å²) in [5, 5.41) is 13.3. The van der Waals surface area contributed by atoms with E-state index in [0.29, 0.717) is 38.2 Å². The molecule has 1 N–H and O–H groups in total. The van der Waals surface area contributed by atoms with Gasteiger partial charge in [-0.1, -0.05) is 65.3 Å². The number of amides is 1. The van der Waals surface area contributed by atoms with Gasteiger partial charge in [-0.15, -0.1) is 10.2 Å². The van der Waals surface area contributed by atoms with Crippen LogP contribution in [0, 0.1) is 0 Å². The van der Waals surface area contributed by atoms with E-state index < -0.39 is 6.04 Å². The van der Waals surface area contributed by atoms with Crippen LogP contribution in [0.15, 0.2) is 78.0 Å². The molecule has 4 aromatic rings. The average molecular weight is 543 g/mol. The predicted molar refractivity (Wildman–Crippen MR) is 142 cm³/mol. The summed E-state index contributed by atoms with van der Waals surface area (Å²) >= 11 is 14.3. The molecule has 0 aliphatic rings. The van der Waals surface area contributed by atoms with Crippen LogP contribution < -0.4 is 14.8 Å². The second kappa shape index (κ2) is 12.2. The minimum atomic E-state index is -0.481. The molecule has 0 spiro atoms. The van der Waals surface area contributed by atoms with Gasteiger partial charge in [-0.3, -0.25) is 9.36 Å². The lowest BCUT2D eigenvalue weighted by Gasteiger charge is -2.17. The maximum absolute atomic E-state index is 12.6. The van der Waals surface area contributed by atoms with Gasteiger partial charge in [0.1, 0.15) is 11.5 Å². The van der Waals surface area contributed by atoms with Crippen molar-refractivity contribution in [2.75, 3.05) is 13.7 Å². The van der Waals surface area contributed by atoms with Crippen LogP contribution in [-0.4, -0.2) is 34.4 Å². The van der Waals surface area contributed by atoms with Crippen LogP contribution in [0.2, 0.25) is 10.0 Å². The number of para-hydroxylation sites is 1. The molecule has 0 bridgehead atoms. The van der Waals surface area contributed by atoms with Crippen molar-refractivity contribution in [3.05, 3.63) is 94.2 Å². The van der Waals surface area contributed by atoms with E-state index in [1.54, 1.807) is 37.4 Å². The Hall–Kier alpha value is -3.20. The molecule has 1 heterocycles. The van der Waals surface area contributed by atoms with Gasteiger partial charge in [0, 0.05) is 10.8 Å². The van der Waals surface area contributed by atoms with Crippen LogP contribution in [0.4, 0.5) is 0 Å². The number of nitrogens with zero attached hydrogens (tertiary/aromatic N) is 3. The molecule has 0 fully saturated rings. The van der Waals surface area contributed by atoms with E-state index in [1.165, 1.54) is 11.8 Å². The molecule has 1 aromatic heterocycles. The number of rotatable bonds is 10. The number of methoxy groups -OCH3 is 1. The third-order valence-electron chi connectivity index (χ3n) is 5.19. The topological polar surface area (TPSA) is 78.3 Å². The number of carbonyl (C=O) groups excluding carboxylic acids is 1. The molecule has 1 atom stereocenters. The Bertz CT molecular complexity index is 1330. The molecule has 1 amide bonds. The second-order valence-electron chi connectivity index (χ2n) is 7.80. The molecular weight excluding hydrogens is 519 g/mol. The summed E-state index contributed by atoms with van der Waals surface area (Å²) in [4.78, 5) is 12.6. The highest BCUT2D eigenvalue weighted by Gasteiger charge is 2.23. The number of ether oxygens (including phenoxy) is 2. The van der Waals surface area contributed by atoms with E-state index in [-0.39, 0.29) is 12.5 Å². The van der Waals surface area contributed by atoms with Crippen molar-refractivity contribution >= 4 is 40.9 Å². The molecule has 1 unspecified atom stereocenters. The normalized spacial score (nSPS) is 11.7. The number of benzene rings is 3. The third kappa shape index (κ3) is 6.51. The van der Waals surface area contributed by atoms with Gasteiger partial charge < -0.3 is 14.8 Å². The fourth-order valence-electron chi connectivity index (χ4n) is 3.46. The van der Waals surface area contributed by atoms with E-state index in [1.807, 2.05) is 54.0 Å². The largest absolute Gasteiger partial charge is 0.497 e. The number of hydrogen-bond donors (Lipinski definition) is 1. The first-order valence-electron chi connectivity index (χ1n) is 11.1. The summed E-state index contributed by atoms with van der Waals surface area (Å²) < 4.78 is 12.7. The molecule has 4 rings (SSSR count). The minimum Gasteiger partial charge on any atom is -0.497 e. The number of hydrogen-bond acceptors (Lipinski definition) is 6. The lowest BCUT2D eigenvalue weighted by molar-refractivity contribution is -0.123. The Labute approximate surface area is 223 Å². The molecule has 3 aromatic carbocycles. The maximum Gasteiger partial charge on any atom is 0.258 e. The standard InChI is InChI=1S/C26H24Cl2N4O3S/c1-17(29-24(33)15-35-20-8-4-3-5-9-20)25-30-31-26(32(25)23-14-19(27)11-12-22(23)28)36-16-18-7-6-10-21(13-18)34-2/h3-14,17H,15-16H2,1-2H3,(H,29,33). The van der Waals surface area contributed by atoms with Crippen molar-refractivity contribution < 1.29 is 14.3 Å². The lowest BCUT2D eigenvalue weighted by Crippen LogP contribution is -2.32. The van der Waals surface area contributed by atoms with E-state index >= 15 is 0 Å². The Morgan fingerprint density at radius 3 is 2.58 bits per heavy atom. The van der Waals surface area contributed by atoms with Crippen LogP contribution in [0.3, 0.4) is 0 Å². The summed E-state index contributed by atoms with van der Waals surface area (Å²) in [6, 6.07) is 21.7. The molecule has 186 valence electrons. The van der Waals surface area contributed by atoms with Crippen LogP contribution in [0.25, 0.3) is 5.69 Å². The first-order chi connectivity index (χ1) is 17.4. The van der Waals surface area contributed by atoms with Gasteiger partial charge in [-0.2, -0.15) is 0 Å². The molecule has 0 saturated carbocycles. The Morgan fingerprint density at radius 2 is 1.81 bits per heavy atom. The number of aromatic nitrogens is 3. The molecule has 0 saturated heterocycles. The Balaban J connectivity index is 1.56. The van der Waals surface area contributed by atoms with Crippen molar-refractivity contribution in [2.45, 2.75) is 23.9 Å². The van der Waals surface area contributed by atoms with Crippen molar-refractivity contribution in [1.29, 1.82) is 0 Å². The quantitative estimate of drug-likeness (QED) is 0.243. The monoisotopic (exact) mass is 542 g/mol. The van der Waals surface area contributed by atoms with Gasteiger partial charge in [-0.05, 0) is 55.0 Å². The summed E-state index contributed by atoms with van der Waals surface area (Å²) in [6.45, 7) is 1.70. The number of halogens is 2. The zero-order chi connectivity index (χ0) is 25.5. The smallest absolute Gasteiger partial charge is 0.258 e. The molecule has 0 aliphatic carbocycles. The van der Waals surface area contributed by atoms with Crippen LogP contribution >= 0.6 is 35.0 Å². The van der Waals surface area contributed by atoms with E-state index in [0.717, 1.165) is 11.3 Å². The molecule has 7 nitrogen and oxygen atoms in total. The third-order valence-corrected chi connectivity index (χ3v) is 6.74. The molecule has 10 heteroatoms. The summed E-state index contributed by atoms with van der Waals surface area (Å²) in [6.07, 6.45) is 0. The fraction of sp³-hybridized carbons (Fsp3) is 0.192. The molecule has 0 aliphatic heterocycles. The van der Waals surface area contributed by atoms with Crippen molar-refractivity contribution in [3.63, 3.8) is 0 Å². The van der Waals surface area contributed by atoms with Gasteiger partial charge in [0.25, 0.3) is 5.91 Å². The van der Waals surface area contributed by atoms with Gasteiger partial charge in [0.15, 0.2) is 17.6 Å². The van der Waals surface area contributed by atoms with Crippen LogP contribution in [0.5, 0.6) is 11.5 Å². The summed E-state index contributed by atoms with van der Waals surface area (Å²) in [5.74, 6) is 2.25. The number of carbonyl (C=O) groups is 1. The molecule has 0 radical (unpaired) electrons. The predicted octanol–water partition coefficient (Wildman–Crippen LogP) is 6.13. The van der Waals surface area contributed by atoms with E-state index in [9.17, 15) is 4.79 Å². The first kappa shape index (κ1) is 25.9. The number of thioether (sulfide) groups is 1. The summed E-state index contributed by atoms with van der Waals surface area (Å²) in [7, 11) is 1.64. The van der Waals surface area contributed by atoms with E-state index in [2.05, 4.69) is 15.5 Å². The highest BCUT2D eigenvalue weighted by molar-refractivity contribution is 7.98. The van der Waals surface area contributed by atoms with Crippen LogP contribution in [0.1, 0.15) is 24.4 Å². The average Bonchev–Trinajstić information content (AvgIpc) is 3.32. The fourth-order valence-corrected chi connectivity index (χ4v) is 4.73. The highest BCUT2D eigenvalue weighted by Crippen LogP contribution is 2.32. The Morgan fingerprint density at radius 1 is 1.03 bits per heavy atom. The zero-order valence-corrected chi connectivity index (χ0v) is 22.0. The lowest BCUT2D eigenvalue weighted by atomic mass is 10.2. The van der Waals surface area contributed by atoms with Gasteiger partial charge >= 0.3 is 0 Å². The molecular formula is C26H24Cl2N4O3S. The first-order valence-corrected chi connectivity index (χ1v) is 12.8. The van der Waals surface area contributed by atoms with Gasteiger partial charge in [-0.25, -0.2) is 0 Å². The maximum atomic E-state index is 12.6. The highest BCUT2D eigenvalue weighted by atomic mass is 35.5. The van der Waals surface area contributed by atoms with Gasteiger partial charge in [0.05, 0.1) is 23.9 Å². The zero-order valence-electron chi connectivity index (χ0n) is 19.7. The van der Waals surface area contributed by atoms with Crippen molar-refractivity contribution in [1.82, 2.24) is 20.1 Å². The second-order valence-corrected chi connectivity index (χ2v) is 9.59. The Kier molecular flexibility index (Phi) is 8.74. The number of nitrogens with one attached hydrogen (secondary N) is 1. The SMILES string of the molecule is COc1cccc(CSc2nnc(C(C)NC(=O)COc3ccccc3)n2-c2cc(Cl)ccc2Cl)c1. The van der Waals surface area contributed by atoms with E-state index in [4.69, 9.17) is 32.7 Å². The van der Waals surface area contributed by atoms with Crippen molar-refractivity contribution in [2.24, 2.45) is 0 Å². The van der Waals surface area contributed by atoms with Crippen LogP contribution in [-0.2, 0) is 10.5 Å². The summed E-state index contributed by atoms with van der Waals surface area (Å²) in [5.41, 5.74) is 1.69.